The molecule has 0 fully saturated rings. The van der Waals surface area contributed by atoms with Crippen molar-refractivity contribution in [3.63, 3.8) is 0 Å². The summed E-state index contributed by atoms with van der Waals surface area (Å²) in [4.78, 5) is 12.6. The van der Waals surface area contributed by atoms with Crippen molar-refractivity contribution in [2.75, 3.05) is 11.1 Å². The molecular weight excluding hydrogens is 499 g/mol. The van der Waals surface area contributed by atoms with Crippen molar-refractivity contribution in [1.82, 2.24) is 14.8 Å². The fourth-order valence-electron chi connectivity index (χ4n) is 3.16. The SMILES string of the molecule is Cc1ccc(-n2c(SCC(=O)Nc3cccc(Cl)c3Cl)nnc2-c2ccc(Cl)cc2)cc1C. The van der Waals surface area contributed by atoms with E-state index >= 15 is 0 Å². The van der Waals surface area contributed by atoms with Crippen LogP contribution in [0.5, 0.6) is 0 Å². The Labute approximate surface area is 211 Å². The Morgan fingerprint density at radius 3 is 2.45 bits per heavy atom. The molecule has 0 bridgehead atoms. The Morgan fingerprint density at radius 1 is 0.970 bits per heavy atom. The van der Waals surface area contributed by atoms with Crippen molar-refractivity contribution < 1.29 is 4.79 Å². The van der Waals surface area contributed by atoms with Crippen molar-refractivity contribution in [3.05, 3.63) is 86.9 Å². The minimum Gasteiger partial charge on any atom is -0.324 e. The fraction of sp³-hybridized carbons (Fsp3) is 0.125. The third kappa shape index (κ3) is 5.36. The molecule has 1 heterocycles. The molecule has 0 spiro atoms. The summed E-state index contributed by atoms with van der Waals surface area (Å²) in [7, 11) is 0. The lowest BCUT2D eigenvalue weighted by atomic mass is 10.1. The van der Waals surface area contributed by atoms with E-state index in [2.05, 4.69) is 41.5 Å². The van der Waals surface area contributed by atoms with Crippen LogP contribution in [-0.2, 0) is 4.79 Å². The van der Waals surface area contributed by atoms with Crippen molar-refractivity contribution in [1.29, 1.82) is 0 Å². The molecule has 0 saturated heterocycles. The number of carbonyl (C=O) groups is 1. The highest BCUT2D eigenvalue weighted by atomic mass is 35.5. The number of benzene rings is 3. The number of amides is 1. The third-order valence-corrected chi connectivity index (χ3v) is 7.04. The molecule has 1 aromatic heterocycles. The molecule has 5 nitrogen and oxygen atoms in total. The third-order valence-electron chi connectivity index (χ3n) is 5.04. The van der Waals surface area contributed by atoms with E-state index in [-0.39, 0.29) is 11.7 Å². The van der Waals surface area contributed by atoms with Gasteiger partial charge in [0.2, 0.25) is 5.91 Å². The van der Waals surface area contributed by atoms with Crippen LogP contribution in [0.4, 0.5) is 5.69 Å². The van der Waals surface area contributed by atoms with Gasteiger partial charge in [0.1, 0.15) is 0 Å². The summed E-state index contributed by atoms with van der Waals surface area (Å²) >= 11 is 19.6. The predicted molar refractivity (Wildman–Crippen MR) is 137 cm³/mol. The molecule has 3 aromatic carbocycles. The van der Waals surface area contributed by atoms with Crippen molar-refractivity contribution in [3.8, 4) is 17.1 Å². The van der Waals surface area contributed by atoms with Gasteiger partial charge >= 0.3 is 0 Å². The highest BCUT2D eigenvalue weighted by molar-refractivity contribution is 7.99. The number of halogens is 3. The molecule has 1 amide bonds. The largest absolute Gasteiger partial charge is 0.324 e. The molecule has 0 aliphatic heterocycles. The summed E-state index contributed by atoms with van der Waals surface area (Å²) in [6.45, 7) is 4.12. The van der Waals surface area contributed by atoms with Crippen LogP contribution >= 0.6 is 46.6 Å². The summed E-state index contributed by atoms with van der Waals surface area (Å²) in [6, 6.07) is 18.7. The highest BCUT2D eigenvalue weighted by Crippen LogP contribution is 2.31. The summed E-state index contributed by atoms with van der Waals surface area (Å²) in [5, 5.41) is 13.5. The van der Waals surface area contributed by atoms with Crippen LogP contribution in [0.1, 0.15) is 11.1 Å². The second-order valence-electron chi connectivity index (χ2n) is 7.36. The Kier molecular flexibility index (Phi) is 7.29. The van der Waals surface area contributed by atoms with Crippen molar-refractivity contribution in [2.24, 2.45) is 0 Å². The van der Waals surface area contributed by atoms with Gasteiger partial charge in [-0.2, -0.15) is 0 Å². The molecule has 0 unspecified atom stereocenters. The molecule has 0 atom stereocenters. The molecule has 0 aliphatic carbocycles. The van der Waals surface area contributed by atoms with Crippen LogP contribution in [0.15, 0.2) is 65.8 Å². The van der Waals surface area contributed by atoms with E-state index < -0.39 is 0 Å². The number of nitrogens with one attached hydrogen (secondary N) is 1. The predicted octanol–water partition coefficient (Wildman–Crippen LogP) is 7.24. The second kappa shape index (κ2) is 10.2. The number of aryl methyl sites for hydroxylation is 2. The number of rotatable bonds is 6. The lowest BCUT2D eigenvalue weighted by Gasteiger charge is -2.12. The van der Waals surface area contributed by atoms with Gasteiger partial charge in [-0.05, 0) is 73.5 Å². The molecule has 9 heteroatoms. The smallest absolute Gasteiger partial charge is 0.234 e. The van der Waals surface area contributed by atoms with Crippen molar-refractivity contribution >= 4 is 58.2 Å². The Hall–Kier alpha value is -2.51. The number of carbonyl (C=O) groups excluding carboxylic acids is 1. The number of hydrogen-bond acceptors (Lipinski definition) is 4. The monoisotopic (exact) mass is 516 g/mol. The molecule has 168 valence electrons. The van der Waals surface area contributed by atoms with E-state index in [1.807, 2.05) is 34.9 Å². The number of thioether (sulfide) groups is 1. The molecule has 4 rings (SSSR count). The summed E-state index contributed by atoms with van der Waals surface area (Å²) in [5.74, 6) is 0.550. The maximum absolute atomic E-state index is 12.6. The molecule has 0 aliphatic rings. The maximum Gasteiger partial charge on any atom is 0.234 e. The topological polar surface area (TPSA) is 59.8 Å². The first-order valence-corrected chi connectivity index (χ1v) is 12.1. The van der Waals surface area contributed by atoms with E-state index in [0.29, 0.717) is 31.7 Å². The zero-order chi connectivity index (χ0) is 23.5. The van der Waals surface area contributed by atoms with Crippen LogP contribution in [0.2, 0.25) is 15.1 Å². The van der Waals surface area contributed by atoms with E-state index in [1.165, 1.54) is 17.3 Å². The van der Waals surface area contributed by atoms with Crippen LogP contribution in [0.25, 0.3) is 17.1 Å². The van der Waals surface area contributed by atoms with Gasteiger partial charge in [0.15, 0.2) is 11.0 Å². The van der Waals surface area contributed by atoms with Crippen LogP contribution in [0.3, 0.4) is 0 Å². The second-order valence-corrected chi connectivity index (χ2v) is 9.52. The van der Waals surface area contributed by atoms with Gasteiger partial charge in [-0.15, -0.1) is 10.2 Å². The number of hydrogen-bond donors (Lipinski definition) is 1. The maximum atomic E-state index is 12.6. The molecular formula is C24H19Cl3N4OS. The molecule has 4 aromatic rings. The highest BCUT2D eigenvalue weighted by Gasteiger charge is 2.18. The van der Waals surface area contributed by atoms with Gasteiger partial charge in [0, 0.05) is 10.6 Å². The minimum absolute atomic E-state index is 0.117. The lowest BCUT2D eigenvalue weighted by Crippen LogP contribution is -2.15. The van der Waals surface area contributed by atoms with Gasteiger partial charge in [-0.3, -0.25) is 9.36 Å². The van der Waals surface area contributed by atoms with Crippen LogP contribution in [0, 0.1) is 13.8 Å². The van der Waals surface area contributed by atoms with Gasteiger partial charge in [0.25, 0.3) is 0 Å². The Balaban J connectivity index is 1.63. The van der Waals surface area contributed by atoms with Gasteiger partial charge in [-0.25, -0.2) is 0 Å². The first-order chi connectivity index (χ1) is 15.8. The van der Waals surface area contributed by atoms with E-state index in [1.54, 1.807) is 18.2 Å². The number of aromatic nitrogens is 3. The van der Waals surface area contributed by atoms with E-state index in [0.717, 1.165) is 16.8 Å². The minimum atomic E-state index is -0.230. The first kappa shape index (κ1) is 23.6. The molecule has 0 radical (unpaired) electrons. The Bertz CT molecular complexity index is 1320. The van der Waals surface area contributed by atoms with Gasteiger partial charge in [0.05, 0.1) is 27.2 Å². The standard InChI is InChI=1S/C24H19Cl3N4OS/c1-14-6-11-18(12-15(14)2)31-23(16-7-9-17(25)10-8-16)29-30-24(31)33-13-21(32)28-20-5-3-4-19(26)22(20)27/h3-12H,13H2,1-2H3,(H,28,32). The first-order valence-electron chi connectivity index (χ1n) is 9.99. The summed E-state index contributed by atoms with van der Waals surface area (Å²) in [5.41, 5.74) is 4.58. The lowest BCUT2D eigenvalue weighted by molar-refractivity contribution is -0.113. The van der Waals surface area contributed by atoms with Gasteiger partial charge in [-0.1, -0.05) is 58.7 Å². The molecule has 0 saturated carbocycles. The van der Waals surface area contributed by atoms with E-state index in [4.69, 9.17) is 34.8 Å². The average molecular weight is 518 g/mol. The Morgan fingerprint density at radius 2 is 1.73 bits per heavy atom. The summed E-state index contributed by atoms with van der Waals surface area (Å²) < 4.78 is 1.94. The molecule has 1 N–H and O–H groups in total. The quantitative estimate of drug-likeness (QED) is 0.274. The van der Waals surface area contributed by atoms with Gasteiger partial charge < -0.3 is 5.32 Å². The number of nitrogens with zero attached hydrogens (tertiary/aromatic N) is 3. The van der Waals surface area contributed by atoms with E-state index in [9.17, 15) is 4.79 Å². The normalized spacial score (nSPS) is 10.9. The zero-order valence-corrected chi connectivity index (χ0v) is 20.9. The van der Waals surface area contributed by atoms with Crippen LogP contribution in [-0.4, -0.2) is 26.4 Å². The number of anilines is 1. The average Bonchev–Trinajstić information content (AvgIpc) is 3.22. The van der Waals surface area contributed by atoms with Crippen molar-refractivity contribution in [2.45, 2.75) is 19.0 Å². The molecule has 33 heavy (non-hydrogen) atoms. The summed E-state index contributed by atoms with van der Waals surface area (Å²) in [6.07, 6.45) is 0. The van der Waals surface area contributed by atoms with Crippen LogP contribution < -0.4 is 5.32 Å². The zero-order valence-electron chi connectivity index (χ0n) is 17.8. The fourth-order valence-corrected chi connectivity index (χ4v) is 4.39.